The number of nitrogens with one attached hydrogen (secondary N) is 2. The van der Waals surface area contributed by atoms with Crippen molar-refractivity contribution in [1.82, 2.24) is 15.1 Å². The Bertz CT molecular complexity index is 785. The second kappa shape index (κ2) is 9.73. The molecule has 0 spiro atoms. The summed E-state index contributed by atoms with van der Waals surface area (Å²) in [7, 11) is 3.99. The van der Waals surface area contributed by atoms with Crippen LogP contribution >= 0.6 is 11.3 Å². The predicted octanol–water partition coefficient (Wildman–Crippen LogP) is 3.16. The number of aromatic hydroxyl groups is 1. The molecule has 3 N–H and O–H groups in total. The predicted molar refractivity (Wildman–Crippen MR) is 115 cm³/mol. The van der Waals surface area contributed by atoms with Crippen LogP contribution in [0.4, 0.5) is 5.69 Å². The van der Waals surface area contributed by atoms with E-state index in [-0.39, 0.29) is 23.9 Å². The Balaban J connectivity index is 1.77. The number of phenols is 1. The molecule has 0 aliphatic carbocycles. The topological polar surface area (TPSA) is 67.8 Å². The van der Waals surface area contributed by atoms with Crippen molar-refractivity contribution in [3.8, 4) is 5.75 Å². The number of anilines is 1. The summed E-state index contributed by atoms with van der Waals surface area (Å²) in [6.45, 7) is 1.97. The van der Waals surface area contributed by atoms with Gasteiger partial charge < -0.3 is 20.2 Å². The number of amides is 1. The first-order chi connectivity index (χ1) is 13.6. The molecule has 1 unspecified atom stereocenters. The maximum absolute atomic E-state index is 13.3. The molecule has 0 saturated carbocycles. The third-order valence-electron chi connectivity index (χ3n) is 5.02. The number of hydrogen-bond acceptors (Lipinski definition) is 6. The van der Waals surface area contributed by atoms with Gasteiger partial charge in [0.1, 0.15) is 11.9 Å². The number of likely N-dealkylation sites (N-methyl/N-ethyl adjacent to an activating group) is 1. The highest BCUT2D eigenvalue weighted by molar-refractivity contribution is 7.12. The van der Waals surface area contributed by atoms with Crippen molar-refractivity contribution in [2.75, 3.05) is 32.5 Å². The van der Waals surface area contributed by atoms with Gasteiger partial charge in [-0.05, 0) is 69.7 Å². The summed E-state index contributed by atoms with van der Waals surface area (Å²) in [5.41, 5.74) is 0.793. The Labute approximate surface area is 170 Å². The number of carbonyl (C=O) groups excluding carboxylic acids is 1. The van der Waals surface area contributed by atoms with E-state index in [1.165, 1.54) is 11.3 Å². The molecule has 2 heterocycles. The number of thiophene rings is 1. The highest BCUT2D eigenvalue weighted by Gasteiger charge is 2.32. The Kier molecular flexibility index (Phi) is 7.08. The number of hydrogen-bond donors (Lipinski definition) is 3. The second-order valence-corrected chi connectivity index (χ2v) is 7.96. The smallest absolute Gasteiger partial charge is 0.265 e. The van der Waals surface area contributed by atoms with E-state index < -0.39 is 0 Å². The van der Waals surface area contributed by atoms with Gasteiger partial charge in [0.05, 0.1) is 4.88 Å². The first kappa shape index (κ1) is 20.4. The molecule has 1 aromatic heterocycles. The summed E-state index contributed by atoms with van der Waals surface area (Å²) >= 11 is 1.48. The van der Waals surface area contributed by atoms with Gasteiger partial charge in [-0.1, -0.05) is 12.1 Å². The molecule has 3 rings (SSSR count). The molecule has 150 valence electrons. The molecule has 6 nitrogen and oxygen atoms in total. The minimum Gasteiger partial charge on any atom is -0.508 e. The van der Waals surface area contributed by atoms with Crippen LogP contribution < -0.4 is 10.6 Å². The van der Waals surface area contributed by atoms with E-state index in [4.69, 9.17) is 0 Å². The van der Waals surface area contributed by atoms with Crippen LogP contribution in [0.3, 0.4) is 0 Å². The van der Waals surface area contributed by atoms with Gasteiger partial charge in [0.2, 0.25) is 0 Å². The lowest BCUT2D eigenvalue weighted by atomic mass is 10.0. The van der Waals surface area contributed by atoms with Gasteiger partial charge in [0.15, 0.2) is 0 Å². The number of piperidine rings is 1. The first-order valence-electron chi connectivity index (χ1n) is 9.52. The van der Waals surface area contributed by atoms with Crippen molar-refractivity contribution >= 4 is 22.9 Å². The van der Waals surface area contributed by atoms with E-state index in [0.717, 1.165) is 36.5 Å². The largest absolute Gasteiger partial charge is 0.508 e. The maximum Gasteiger partial charge on any atom is 0.265 e. The van der Waals surface area contributed by atoms with Crippen molar-refractivity contribution in [3.63, 3.8) is 0 Å². The van der Waals surface area contributed by atoms with Gasteiger partial charge in [-0.2, -0.15) is 0 Å². The molecular formula is C21H28N4O2S. The van der Waals surface area contributed by atoms with Crippen LogP contribution in [-0.2, 0) is 0 Å². The molecule has 1 amide bonds. The summed E-state index contributed by atoms with van der Waals surface area (Å²) in [5.74, 6) is 0.273. The molecule has 28 heavy (non-hydrogen) atoms. The zero-order valence-corrected chi connectivity index (χ0v) is 17.2. The summed E-state index contributed by atoms with van der Waals surface area (Å²) < 4.78 is 0. The van der Waals surface area contributed by atoms with Gasteiger partial charge in [-0.25, -0.2) is 0 Å². The van der Waals surface area contributed by atoms with Crippen LogP contribution in [0.2, 0.25) is 0 Å². The van der Waals surface area contributed by atoms with Crippen LogP contribution in [0.25, 0.3) is 0 Å². The Hall–Kier alpha value is -2.35. The molecule has 0 radical (unpaired) electrons. The SMILES string of the molecule is CNC(/C=C\Nc1cccc(O)c1)N(C(=O)c1cccs1)C1CCN(C)CC1. The summed E-state index contributed by atoms with van der Waals surface area (Å²) in [5, 5.41) is 18.0. The molecule has 1 aliphatic heterocycles. The molecule has 0 bridgehead atoms. The number of phenolic OH excluding ortho intramolecular Hbond substituents is 1. The fourth-order valence-electron chi connectivity index (χ4n) is 3.48. The number of likely N-dealkylation sites (tertiary alicyclic amines) is 1. The number of carbonyl (C=O) groups is 1. The quantitative estimate of drug-likeness (QED) is 0.623. The van der Waals surface area contributed by atoms with E-state index in [2.05, 4.69) is 22.6 Å². The van der Waals surface area contributed by atoms with Gasteiger partial charge in [0, 0.05) is 24.0 Å². The van der Waals surface area contributed by atoms with Crippen LogP contribution in [0.5, 0.6) is 5.75 Å². The average Bonchev–Trinajstić information content (AvgIpc) is 3.23. The second-order valence-electron chi connectivity index (χ2n) is 7.01. The Morgan fingerprint density at radius 1 is 1.32 bits per heavy atom. The van der Waals surface area contributed by atoms with Crippen molar-refractivity contribution in [2.45, 2.75) is 25.0 Å². The van der Waals surface area contributed by atoms with E-state index in [0.29, 0.717) is 0 Å². The molecule has 1 aliphatic rings. The van der Waals surface area contributed by atoms with Crippen molar-refractivity contribution in [1.29, 1.82) is 0 Å². The number of rotatable bonds is 7. The lowest BCUT2D eigenvalue weighted by Crippen LogP contribution is -2.54. The molecule has 1 atom stereocenters. The van der Waals surface area contributed by atoms with Crippen molar-refractivity contribution in [3.05, 3.63) is 58.9 Å². The molecular weight excluding hydrogens is 372 g/mol. The summed E-state index contributed by atoms with van der Waals surface area (Å²) in [4.78, 5) is 18.3. The molecule has 1 saturated heterocycles. The highest BCUT2D eigenvalue weighted by atomic mass is 32.1. The Morgan fingerprint density at radius 2 is 2.11 bits per heavy atom. The molecule has 1 fully saturated rings. The minimum atomic E-state index is -0.229. The third-order valence-corrected chi connectivity index (χ3v) is 5.88. The average molecular weight is 401 g/mol. The third kappa shape index (κ3) is 5.13. The van der Waals surface area contributed by atoms with Crippen LogP contribution in [0.1, 0.15) is 22.5 Å². The van der Waals surface area contributed by atoms with Gasteiger partial charge >= 0.3 is 0 Å². The monoisotopic (exact) mass is 400 g/mol. The number of benzene rings is 1. The zero-order chi connectivity index (χ0) is 19.9. The van der Waals surface area contributed by atoms with Crippen LogP contribution in [0.15, 0.2) is 54.1 Å². The van der Waals surface area contributed by atoms with E-state index >= 15 is 0 Å². The fourth-order valence-corrected chi connectivity index (χ4v) is 4.15. The summed E-state index contributed by atoms with van der Waals surface area (Å²) in [6.07, 6.45) is 5.46. The minimum absolute atomic E-state index is 0.0610. The maximum atomic E-state index is 13.3. The molecule has 7 heteroatoms. The van der Waals surface area contributed by atoms with Gasteiger partial charge in [-0.15, -0.1) is 11.3 Å². The van der Waals surface area contributed by atoms with Crippen molar-refractivity contribution in [2.24, 2.45) is 0 Å². The first-order valence-corrected chi connectivity index (χ1v) is 10.4. The zero-order valence-electron chi connectivity index (χ0n) is 16.3. The normalized spacial score (nSPS) is 16.9. The lowest BCUT2D eigenvalue weighted by Gasteiger charge is -2.40. The standard InChI is InChI=1S/C21H28N4O2S/c1-22-20(8-11-23-16-5-3-6-18(26)15-16)25(17-9-12-24(2)13-10-17)21(27)19-7-4-14-28-19/h3-8,11,14-15,17,20,22-23,26H,9-10,12-13H2,1-2H3/b11-8-. The van der Waals surface area contributed by atoms with Crippen LogP contribution in [-0.4, -0.2) is 60.2 Å². The summed E-state index contributed by atoms with van der Waals surface area (Å²) in [6, 6.07) is 10.9. The molecule has 2 aromatic rings. The number of nitrogens with zero attached hydrogens (tertiary/aromatic N) is 2. The van der Waals surface area contributed by atoms with E-state index in [9.17, 15) is 9.90 Å². The highest BCUT2D eigenvalue weighted by Crippen LogP contribution is 2.23. The fraction of sp³-hybridized carbons (Fsp3) is 0.381. The van der Waals surface area contributed by atoms with Crippen molar-refractivity contribution < 1.29 is 9.90 Å². The van der Waals surface area contributed by atoms with Gasteiger partial charge in [-0.3, -0.25) is 10.1 Å². The van der Waals surface area contributed by atoms with Gasteiger partial charge in [0.25, 0.3) is 5.91 Å². The van der Waals surface area contributed by atoms with Crippen LogP contribution in [0, 0.1) is 0 Å². The Morgan fingerprint density at radius 3 is 2.75 bits per heavy atom. The van der Waals surface area contributed by atoms with E-state index in [1.807, 2.05) is 47.8 Å². The molecule has 1 aromatic carbocycles. The van der Waals surface area contributed by atoms with E-state index in [1.54, 1.807) is 18.2 Å². The lowest BCUT2D eigenvalue weighted by molar-refractivity contribution is 0.0490.